The van der Waals surface area contributed by atoms with Crippen LogP contribution in [-0.4, -0.2) is 18.1 Å². The monoisotopic (exact) mass is 227 g/mol. The van der Waals surface area contributed by atoms with E-state index in [1.54, 1.807) is 0 Å². The molecule has 0 saturated carbocycles. The van der Waals surface area contributed by atoms with Crippen LogP contribution in [0.15, 0.2) is 18.2 Å². The summed E-state index contributed by atoms with van der Waals surface area (Å²) in [5, 5.41) is 10.9. The van der Waals surface area contributed by atoms with E-state index in [-0.39, 0.29) is 0 Å². The molecule has 1 saturated heterocycles. The average Bonchev–Trinajstić information content (AvgIpc) is 2.70. The summed E-state index contributed by atoms with van der Waals surface area (Å²) in [6.07, 6.45) is 4.66. The van der Waals surface area contributed by atoms with Gasteiger partial charge in [0.1, 0.15) is 0 Å². The van der Waals surface area contributed by atoms with E-state index < -0.39 is 0 Å². The molecule has 3 rings (SSSR count). The van der Waals surface area contributed by atoms with Crippen LogP contribution in [0.5, 0.6) is 0 Å². The first-order valence-electron chi connectivity index (χ1n) is 6.22. The largest absolute Gasteiger partial charge is 0.269 e. The number of piperidine rings is 1. The number of nitrogens with zero attached hydrogens (tertiary/aromatic N) is 2. The summed E-state index contributed by atoms with van der Waals surface area (Å²) >= 11 is 0. The van der Waals surface area contributed by atoms with Crippen molar-refractivity contribution in [3.8, 4) is 6.07 Å². The summed E-state index contributed by atoms with van der Waals surface area (Å²) in [7, 11) is 0. The maximum atomic E-state index is 8.93. The fraction of sp³-hybridized carbons (Fsp3) is 0.500. The number of nitrogens with two attached hydrogens (primary N) is 1. The predicted molar refractivity (Wildman–Crippen MR) is 66.0 cm³/mol. The molecule has 1 heterocycles. The van der Waals surface area contributed by atoms with E-state index >= 15 is 0 Å². The van der Waals surface area contributed by atoms with Crippen molar-refractivity contribution >= 4 is 0 Å². The topological polar surface area (TPSA) is 53.0 Å². The molecule has 1 spiro atoms. The van der Waals surface area contributed by atoms with Gasteiger partial charge in [-0.25, -0.2) is 5.01 Å². The Morgan fingerprint density at radius 2 is 1.88 bits per heavy atom. The van der Waals surface area contributed by atoms with Crippen molar-refractivity contribution < 1.29 is 0 Å². The van der Waals surface area contributed by atoms with Crippen molar-refractivity contribution in [3.63, 3.8) is 0 Å². The lowest BCUT2D eigenvalue weighted by atomic mass is 9.76. The van der Waals surface area contributed by atoms with Crippen LogP contribution in [0.2, 0.25) is 0 Å². The van der Waals surface area contributed by atoms with Crippen molar-refractivity contribution in [3.05, 3.63) is 34.9 Å². The smallest absolute Gasteiger partial charge is 0.0991 e. The fourth-order valence-electron chi connectivity index (χ4n) is 3.25. The zero-order chi connectivity index (χ0) is 11.9. The Morgan fingerprint density at radius 3 is 2.59 bits per heavy atom. The van der Waals surface area contributed by atoms with Gasteiger partial charge in [0.15, 0.2) is 0 Å². The molecular weight excluding hydrogens is 210 g/mol. The second kappa shape index (κ2) is 3.83. The Bertz CT molecular complexity index is 479. The van der Waals surface area contributed by atoms with Crippen LogP contribution in [0, 0.1) is 16.7 Å². The van der Waals surface area contributed by atoms with E-state index in [0.717, 1.165) is 25.1 Å². The maximum Gasteiger partial charge on any atom is 0.0991 e. The van der Waals surface area contributed by atoms with Gasteiger partial charge in [-0.2, -0.15) is 5.26 Å². The summed E-state index contributed by atoms with van der Waals surface area (Å²) < 4.78 is 0. The summed E-state index contributed by atoms with van der Waals surface area (Å²) in [6.45, 7) is 2.00. The fourth-order valence-corrected chi connectivity index (χ4v) is 3.25. The van der Waals surface area contributed by atoms with E-state index in [0.29, 0.717) is 5.41 Å². The second-order valence-corrected chi connectivity index (χ2v) is 5.48. The lowest BCUT2D eigenvalue weighted by molar-refractivity contribution is 0.112. The molecule has 3 nitrogen and oxygen atoms in total. The van der Waals surface area contributed by atoms with Gasteiger partial charge in [0.25, 0.3) is 0 Å². The van der Waals surface area contributed by atoms with Crippen LogP contribution in [0.25, 0.3) is 0 Å². The highest BCUT2D eigenvalue weighted by atomic mass is 15.4. The van der Waals surface area contributed by atoms with E-state index in [4.69, 9.17) is 11.1 Å². The number of nitriles is 1. The molecule has 1 aliphatic carbocycles. The van der Waals surface area contributed by atoms with Gasteiger partial charge in [-0.3, -0.25) is 5.84 Å². The Balaban J connectivity index is 1.85. The summed E-state index contributed by atoms with van der Waals surface area (Å²) in [6, 6.07) is 8.37. The van der Waals surface area contributed by atoms with Crippen LogP contribution in [0.3, 0.4) is 0 Å². The lowest BCUT2D eigenvalue weighted by Gasteiger charge is -2.37. The molecule has 1 aromatic carbocycles. The van der Waals surface area contributed by atoms with Gasteiger partial charge in [0.2, 0.25) is 0 Å². The van der Waals surface area contributed by atoms with Gasteiger partial charge in [0, 0.05) is 13.1 Å². The molecule has 0 atom stereocenters. The zero-order valence-electron chi connectivity index (χ0n) is 9.95. The molecule has 17 heavy (non-hydrogen) atoms. The molecule has 88 valence electrons. The summed E-state index contributed by atoms with van der Waals surface area (Å²) in [5.74, 6) is 5.83. The van der Waals surface area contributed by atoms with Gasteiger partial charge in [0.05, 0.1) is 11.6 Å². The Kier molecular flexibility index (Phi) is 2.43. The number of hydrogen-bond donors (Lipinski definition) is 1. The first kappa shape index (κ1) is 10.8. The molecule has 3 heteroatoms. The highest BCUT2D eigenvalue weighted by Gasteiger charge is 2.39. The minimum atomic E-state index is 0.423. The number of hydrogen-bond acceptors (Lipinski definition) is 3. The highest BCUT2D eigenvalue weighted by Crippen LogP contribution is 2.44. The highest BCUT2D eigenvalue weighted by molar-refractivity contribution is 5.42. The van der Waals surface area contributed by atoms with Crippen molar-refractivity contribution in [2.75, 3.05) is 13.1 Å². The molecule has 0 aromatic heterocycles. The van der Waals surface area contributed by atoms with Gasteiger partial charge in [-0.1, -0.05) is 6.07 Å². The number of benzene rings is 1. The number of rotatable bonds is 0. The Morgan fingerprint density at radius 1 is 1.18 bits per heavy atom. The third-order valence-corrected chi connectivity index (χ3v) is 4.32. The molecule has 0 radical (unpaired) electrons. The number of hydrazine groups is 1. The normalized spacial score (nSPS) is 22.4. The van der Waals surface area contributed by atoms with E-state index in [1.807, 2.05) is 11.1 Å². The van der Waals surface area contributed by atoms with Crippen LogP contribution < -0.4 is 5.84 Å². The first-order chi connectivity index (χ1) is 8.21. The van der Waals surface area contributed by atoms with Crippen LogP contribution in [0.4, 0.5) is 0 Å². The number of fused-ring (bicyclic) bond motifs is 1. The van der Waals surface area contributed by atoms with Crippen LogP contribution in [-0.2, 0) is 12.8 Å². The molecule has 1 fully saturated rings. The first-order valence-corrected chi connectivity index (χ1v) is 6.22. The summed E-state index contributed by atoms with van der Waals surface area (Å²) in [5.41, 5.74) is 4.03. The van der Waals surface area contributed by atoms with Crippen LogP contribution >= 0.6 is 0 Å². The van der Waals surface area contributed by atoms with Crippen molar-refractivity contribution in [1.29, 1.82) is 5.26 Å². The van der Waals surface area contributed by atoms with Crippen molar-refractivity contribution in [2.24, 2.45) is 11.3 Å². The minimum absolute atomic E-state index is 0.423. The Labute approximate surface area is 102 Å². The molecule has 2 aliphatic rings. The van der Waals surface area contributed by atoms with Crippen LogP contribution in [0.1, 0.15) is 29.5 Å². The maximum absolute atomic E-state index is 8.93. The van der Waals surface area contributed by atoms with Gasteiger partial charge >= 0.3 is 0 Å². The SMILES string of the molecule is N#Cc1ccc2c(c1)CC1(CCN(N)CC1)C2. The lowest BCUT2D eigenvalue weighted by Crippen LogP contribution is -2.44. The quantitative estimate of drug-likeness (QED) is 0.685. The van der Waals surface area contributed by atoms with Gasteiger partial charge < -0.3 is 0 Å². The third-order valence-electron chi connectivity index (χ3n) is 4.32. The standard InChI is InChI=1S/C14H17N3/c15-10-11-1-2-12-8-14(9-13(12)7-11)3-5-17(16)6-4-14/h1-2,7H,3-6,8-9,16H2. The van der Waals surface area contributed by atoms with Gasteiger partial charge in [-0.15, -0.1) is 0 Å². The van der Waals surface area contributed by atoms with Crippen molar-refractivity contribution in [2.45, 2.75) is 25.7 Å². The van der Waals surface area contributed by atoms with Crippen molar-refractivity contribution in [1.82, 2.24) is 5.01 Å². The van der Waals surface area contributed by atoms with Gasteiger partial charge in [-0.05, 0) is 54.4 Å². The molecule has 0 bridgehead atoms. The average molecular weight is 227 g/mol. The summed E-state index contributed by atoms with van der Waals surface area (Å²) in [4.78, 5) is 0. The molecule has 0 amide bonds. The zero-order valence-corrected chi connectivity index (χ0v) is 9.95. The van der Waals surface area contributed by atoms with E-state index in [9.17, 15) is 0 Å². The molecule has 1 aromatic rings. The Hall–Kier alpha value is -1.37. The molecule has 1 aliphatic heterocycles. The molecule has 0 unspecified atom stereocenters. The second-order valence-electron chi connectivity index (χ2n) is 5.48. The molecular formula is C14H17N3. The van der Waals surface area contributed by atoms with E-state index in [2.05, 4.69) is 18.2 Å². The predicted octanol–water partition coefficient (Wildman–Crippen LogP) is 1.61. The molecule has 2 N–H and O–H groups in total. The minimum Gasteiger partial charge on any atom is -0.269 e. The third kappa shape index (κ3) is 1.84. The van der Waals surface area contributed by atoms with E-state index in [1.165, 1.54) is 30.4 Å².